The smallest absolute Gasteiger partial charge is 0.457 e. The van der Waals surface area contributed by atoms with Gasteiger partial charge in [-0.3, -0.25) is 13.8 Å². The van der Waals surface area contributed by atoms with E-state index in [1.165, 1.54) is 116 Å². The molecule has 0 amide bonds. The van der Waals surface area contributed by atoms with Crippen LogP contribution in [0.1, 0.15) is 206 Å². The number of phosphoric ester groups is 1. The number of unbranched alkanes of at least 4 members (excludes halogenated alkanes) is 22. The minimum absolute atomic E-state index is 0.0261. The van der Waals surface area contributed by atoms with Gasteiger partial charge in [-0.1, -0.05) is 184 Å². The highest BCUT2D eigenvalue weighted by Crippen LogP contribution is 2.43. The maximum atomic E-state index is 12.7. The van der Waals surface area contributed by atoms with Gasteiger partial charge in [0.2, 0.25) is 0 Å². The molecule has 0 radical (unpaired) electrons. The average molecular weight is 867 g/mol. The first kappa shape index (κ1) is 58.2. The molecule has 0 aliphatic rings. The number of hydrogen-bond acceptors (Lipinski definition) is 8. The van der Waals surface area contributed by atoms with Crippen molar-refractivity contribution in [2.45, 2.75) is 219 Å². The van der Waals surface area contributed by atoms with Crippen LogP contribution in [-0.2, 0) is 27.9 Å². The molecule has 0 saturated carbocycles. The molecule has 0 saturated heterocycles. The normalized spacial score (nSPS) is 14.4. The highest BCUT2D eigenvalue weighted by Gasteiger charge is 2.26. The van der Waals surface area contributed by atoms with Gasteiger partial charge in [0, 0.05) is 13.0 Å². The second-order valence-electron chi connectivity index (χ2n) is 16.1. The van der Waals surface area contributed by atoms with Crippen molar-refractivity contribution in [3.05, 3.63) is 60.8 Å². The van der Waals surface area contributed by atoms with Crippen molar-refractivity contribution in [1.82, 2.24) is 0 Å². The van der Waals surface area contributed by atoms with E-state index in [4.69, 9.17) is 23.6 Å². The molecule has 0 heterocycles. The third-order valence-corrected chi connectivity index (χ3v) is 11.1. The number of esters is 1. The molecule has 0 aliphatic heterocycles. The van der Waals surface area contributed by atoms with Crippen molar-refractivity contribution in [3.63, 3.8) is 0 Å². The Hall–Kier alpha value is -1.84. The Bertz CT molecular complexity index is 1120. The molecule has 0 fully saturated rings. The average Bonchev–Trinajstić information content (AvgIpc) is 3.24. The number of hydrogen-bond donors (Lipinski definition) is 3. The summed E-state index contributed by atoms with van der Waals surface area (Å²) in [5, 5.41) is 18.4. The fraction of sp³-hybridized carbons (Fsp3) is 0.780. The molecule has 350 valence electrons. The van der Waals surface area contributed by atoms with Gasteiger partial charge in [-0.25, -0.2) is 4.57 Å². The van der Waals surface area contributed by atoms with E-state index in [1.807, 2.05) is 0 Å². The van der Waals surface area contributed by atoms with Gasteiger partial charge in [0.25, 0.3) is 0 Å². The first-order chi connectivity index (χ1) is 29.3. The van der Waals surface area contributed by atoms with Crippen LogP contribution in [0.4, 0.5) is 0 Å². The minimum atomic E-state index is -4.53. The highest BCUT2D eigenvalue weighted by atomic mass is 31.2. The predicted octanol–water partition coefficient (Wildman–Crippen LogP) is 13.9. The number of rotatable bonds is 46. The van der Waals surface area contributed by atoms with Gasteiger partial charge in [0.15, 0.2) is 0 Å². The lowest BCUT2D eigenvalue weighted by atomic mass is 10.0. The quantitative estimate of drug-likeness (QED) is 0.0237. The monoisotopic (exact) mass is 867 g/mol. The molecule has 60 heavy (non-hydrogen) atoms. The van der Waals surface area contributed by atoms with Crippen molar-refractivity contribution in [3.8, 4) is 0 Å². The summed E-state index contributed by atoms with van der Waals surface area (Å²) in [6, 6.07) is 0. The van der Waals surface area contributed by atoms with E-state index in [0.29, 0.717) is 6.61 Å². The van der Waals surface area contributed by atoms with Crippen molar-refractivity contribution in [2.24, 2.45) is 0 Å². The van der Waals surface area contributed by atoms with E-state index in [1.54, 1.807) is 0 Å². The fourth-order valence-corrected chi connectivity index (χ4v) is 7.31. The molecule has 3 unspecified atom stereocenters. The van der Waals surface area contributed by atoms with E-state index in [2.05, 4.69) is 74.6 Å². The lowest BCUT2D eigenvalue weighted by Gasteiger charge is -2.20. The predicted molar refractivity (Wildman–Crippen MR) is 251 cm³/mol. The zero-order valence-corrected chi connectivity index (χ0v) is 39.3. The van der Waals surface area contributed by atoms with Crippen LogP contribution in [0.3, 0.4) is 0 Å². The molecule has 0 rings (SSSR count). The Balaban J connectivity index is 4.12. The van der Waals surface area contributed by atoms with Crippen LogP contribution < -0.4 is 0 Å². The Kier molecular flexibility index (Phi) is 45.2. The summed E-state index contributed by atoms with van der Waals surface area (Å²) in [6.07, 6.45) is 54.8. The molecule has 0 aromatic heterocycles. The standard InChI is InChI=1S/C50H91O9P/c1-3-5-7-9-11-13-15-17-19-21-22-23-24-25-26-27-28-30-32-34-36-38-40-42-50(53)59-49(47-58-60(54,55)57-45-48(52)44-51)46-56-43-41-39-37-35-33-31-29-20-18-16-14-12-10-8-6-4-2/h6,8,12,14,18,20-22,31,33,48-49,51-52H,3-5,7,9-11,13,15-17,19,23-30,32,34-47H2,1-2H3,(H,54,55)/b8-6-,14-12-,20-18-,22-21-,33-31-. The number of carbonyl (C=O) groups excluding carboxylic acids is 1. The lowest BCUT2D eigenvalue weighted by molar-refractivity contribution is -0.154. The maximum absolute atomic E-state index is 12.7. The fourth-order valence-electron chi connectivity index (χ4n) is 6.52. The molecule has 0 aromatic carbocycles. The Morgan fingerprint density at radius 3 is 1.45 bits per heavy atom. The summed E-state index contributed by atoms with van der Waals surface area (Å²) in [7, 11) is -4.53. The molecule has 3 atom stereocenters. The summed E-state index contributed by atoms with van der Waals surface area (Å²) in [4.78, 5) is 22.7. The van der Waals surface area contributed by atoms with Crippen LogP contribution in [0.5, 0.6) is 0 Å². The summed E-state index contributed by atoms with van der Waals surface area (Å²) >= 11 is 0. The third kappa shape index (κ3) is 45.7. The molecule has 3 N–H and O–H groups in total. The molecular formula is C50H91O9P. The number of aliphatic hydroxyl groups is 2. The Labute approximate surface area is 368 Å². The summed E-state index contributed by atoms with van der Waals surface area (Å²) < 4.78 is 33.4. The van der Waals surface area contributed by atoms with Gasteiger partial charge in [-0.15, -0.1) is 0 Å². The SMILES string of the molecule is CC/C=C\C/C=C\C/C=C\C/C=C\CCCCCOCC(COP(=O)(O)OCC(O)CO)OC(=O)CCCCCCCCCCCCC/C=C\CCCCCCCCCC. The topological polar surface area (TPSA) is 132 Å². The zero-order chi connectivity index (χ0) is 43.9. The van der Waals surface area contributed by atoms with Crippen LogP contribution in [0.25, 0.3) is 0 Å². The number of aliphatic hydroxyl groups excluding tert-OH is 2. The van der Waals surface area contributed by atoms with Crippen LogP contribution in [0, 0.1) is 0 Å². The first-order valence-electron chi connectivity index (χ1n) is 24.3. The number of carbonyl (C=O) groups is 1. The van der Waals surface area contributed by atoms with E-state index in [-0.39, 0.29) is 13.0 Å². The minimum Gasteiger partial charge on any atom is -0.457 e. The molecular weight excluding hydrogens is 776 g/mol. The van der Waals surface area contributed by atoms with Crippen molar-refractivity contribution >= 4 is 13.8 Å². The number of ether oxygens (including phenoxy) is 2. The lowest BCUT2D eigenvalue weighted by Crippen LogP contribution is -2.29. The number of allylic oxidation sites excluding steroid dienone is 10. The molecule has 0 spiro atoms. The van der Waals surface area contributed by atoms with Gasteiger partial charge in [-0.2, -0.15) is 0 Å². The van der Waals surface area contributed by atoms with E-state index in [9.17, 15) is 19.4 Å². The highest BCUT2D eigenvalue weighted by molar-refractivity contribution is 7.47. The summed E-state index contributed by atoms with van der Waals surface area (Å²) in [6.45, 7) is 3.34. The van der Waals surface area contributed by atoms with Crippen LogP contribution in [-0.4, -0.2) is 66.3 Å². The van der Waals surface area contributed by atoms with Crippen molar-refractivity contribution < 1.29 is 43.0 Å². The molecule has 0 bridgehead atoms. The molecule has 0 aromatic rings. The van der Waals surface area contributed by atoms with Gasteiger partial charge in [0.1, 0.15) is 12.2 Å². The molecule has 9 nitrogen and oxygen atoms in total. The summed E-state index contributed by atoms with van der Waals surface area (Å²) in [5.41, 5.74) is 0. The number of phosphoric acid groups is 1. The van der Waals surface area contributed by atoms with Gasteiger partial charge >= 0.3 is 13.8 Å². The van der Waals surface area contributed by atoms with Crippen molar-refractivity contribution in [1.29, 1.82) is 0 Å². The first-order valence-corrected chi connectivity index (χ1v) is 25.8. The summed E-state index contributed by atoms with van der Waals surface area (Å²) in [5.74, 6) is -0.395. The van der Waals surface area contributed by atoms with E-state index < -0.39 is 45.8 Å². The largest absolute Gasteiger partial charge is 0.472 e. The Morgan fingerprint density at radius 2 is 0.950 bits per heavy atom. The van der Waals surface area contributed by atoms with Crippen LogP contribution in [0.2, 0.25) is 0 Å². The van der Waals surface area contributed by atoms with Gasteiger partial charge in [-0.05, 0) is 77.0 Å². The van der Waals surface area contributed by atoms with Gasteiger partial charge in [0.05, 0.1) is 26.4 Å². The van der Waals surface area contributed by atoms with Gasteiger partial charge < -0.3 is 24.6 Å². The third-order valence-electron chi connectivity index (χ3n) is 10.2. The Morgan fingerprint density at radius 1 is 0.533 bits per heavy atom. The zero-order valence-electron chi connectivity index (χ0n) is 38.4. The van der Waals surface area contributed by atoms with Crippen molar-refractivity contribution in [2.75, 3.05) is 33.0 Å². The van der Waals surface area contributed by atoms with Crippen LogP contribution in [0.15, 0.2) is 60.8 Å². The van der Waals surface area contributed by atoms with Crippen LogP contribution >= 0.6 is 7.82 Å². The second kappa shape index (κ2) is 46.7. The second-order valence-corrected chi connectivity index (χ2v) is 17.5. The molecule has 0 aliphatic carbocycles. The maximum Gasteiger partial charge on any atom is 0.472 e. The van der Waals surface area contributed by atoms with E-state index in [0.717, 1.165) is 70.6 Å². The molecule has 10 heteroatoms. The van der Waals surface area contributed by atoms with E-state index >= 15 is 0 Å².